The van der Waals surface area contributed by atoms with Gasteiger partial charge in [-0.15, -0.1) is 0 Å². The largest absolute Gasteiger partial charge is 0.390 e. The van der Waals surface area contributed by atoms with Gasteiger partial charge in [0.1, 0.15) is 22.7 Å². The van der Waals surface area contributed by atoms with Gasteiger partial charge in [0.05, 0.1) is 53.1 Å². The fourth-order valence-corrected chi connectivity index (χ4v) is 5.86. The van der Waals surface area contributed by atoms with Crippen LogP contribution in [0.15, 0.2) is 12.1 Å². The standard InChI is InChI=1S/C18H16N4O5S2/c1-17-10(23)6-18(27-17,4-5-26-28)12-11(17)15(24)22(16(12)25)9-3-2-8(7-19)13-14(9)21-29-20-13/h2-3,10-12,23,28H,4-6H2,1H3/t10-,11-,12+,17+,18?/m0/s1. The Morgan fingerprint density at radius 1 is 1.38 bits per heavy atom. The van der Waals surface area contributed by atoms with Gasteiger partial charge in [0, 0.05) is 12.8 Å². The molecule has 0 radical (unpaired) electrons. The van der Waals surface area contributed by atoms with Gasteiger partial charge >= 0.3 is 0 Å². The van der Waals surface area contributed by atoms with Gasteiger partial charge in [-0.2, -0.15) is 14.0 Å². The molecular formula is C18H16N4O5S2. The van der Waals surface area contributed by atoms with Gasteiger partial charge in [-0.05, 0) is 32.0 Å². The topological polar surface area (TPSA) is 126 Å². The molecule has 1 aromatic carbocycles. The van der Waals surface area contributed by atoms with Crippen molar-refractivity contribution in [1.29, 1.82) is 5.26 Å². The number of amides is 2. The molecule has 5 atom stereocenters. The van der Waals surface area contributed by atoms with E-state index in [1.807, 2.05) is 6.07 Å². The van der Waals surface area contributed by atoms with Gasteiger partial charge in [0.25, 0.3) is 0 Å². The van der Waals surface area contributed by atoms with Crippen LogP contribution in [0.2, 0.25) is 0 Å². The average molecular weight is 432 g/mol. The maximum atomic E-state index is 13.5. The molecule has 5 rings (SSSR count). The lowest BCUT2D eigenvalue weighted by Gasteiger charge is -2.33. The van der Waals surface area contributed by atoms with E-state index in [-0.39, 0.29) is 13.0 Å². The lowest BCUT2D eigenvalue weighted by molar-refractivity contribution is -0.133. The second kappa shape index (κ2) is 6.20. The van der Waals surface area contributed by atoms with Crippen molar-refractivity contribution in [2.45, 2.75) is 37.1 Å². The second-order valence-electron chi connectivity index (χ2n) is 7.83. The number of nitriles is 1. The minimum absolute atomic E-state index is 0.216. The van der Waals surface area contributed by atoms with E-state index >= 15 is 0 Å². The van der Waals surface area contributed by atoms with Crippen LogP contribution >= 0.6 is 24.6 Å². The van der Waals surface area contributed by atoms with Crippen molar-refractivity contribution in [2.75, 3.05) is 11.5 Å². The molecule has 2 aromatic rings. The van der Waals surface area contributed by atoms with E-state index in [9.17, 15) is 20.0 Å². The monoisotopic (exact) mass is 432 g/mol. The van der Waals surface area contributed by atoms with Crippen LogP contribution in [0.4, 0.5) is 5.69 Å². The van der Waals surface area contributed by atoms with Gasteiger partial charge in [0.15, 0.2) is 0 Å². The second-order valence-corrected chi connectivity index (χ2v) is 8.61. The Kier molecular flexibility index (Phi) is 4.04. The number of fused-ring (bicyclic) bond motifs is 6. The molecule has 0 aliphatic carbocycles. The third-order valence-corrected chi connectivity index (χ3v) is 7.20. The molecule has 1 unspecified atom stereocenters. The van der Waals surface area contributed by atoms with Gasteiger partial charge in [-0.1, -0.05) is 0 Å². The first-order chi connectivity index (χ1) is 13.9. The predicted molar refractivity (Wildman–Crippen MR) is 104 cm³/mol. The normalized spacial score (nSPS) is 35.5. The van der Waals surface area contributed by atoms with E-state index in [1.165, 1.54) is 6.07 Å². The van der Waals surface area contributed by atoms with Crippen LogP contribution in [0.25, 0.3) is 11.0 Å². The number of rotatable bonds is 4. The van der Waals surface area contributed by atoms with Gasteiger partial charge in [-0.3, -0.25) is 9.59 Å². The number of thiol groups is 1. The number of benzene rings is 1. The Bertz CT molecular complexity index is 1100. The molecule has 0 spiro atoms. The smallest absolute Gasteiger partial charge is 0.240 e. The SMILES string of the molecule is C[C@@]12OC(CCOS)(C[C@@H]1O)[C@H]1C(=O)N(c3ccc(C#N)c4nsnc34)C(=O)[C@H]12. The zero-order valence-electron chi connectivity index (χ0n) is 15.2. The van der Waals surface area contributed by atoms with Gasteiger partial charge in [0.2, 0.25) is 11.8 Å². The van der Waals surface area contributed by atoms with Crippen LogP contribution < -0.4 is 4.90 Å². The van der Waals surface area contributed by atoms with Crippen molar-refractivity contribution in [3.05, 3.63) is 17.7 Å². The molecule has 3 fully saturated rings. The number of carbonyl (C=O) groups excluding carboxylic acids is 2. The van der Waals surface area contributed by atoms with Gasteiger partial charge < -0.3 is 14.0 Å². The number of carbonyl (C=O) groups is 2. The highest BCUT2D eigenvalue weighted by molar-refractivity contribution is 7.75. The number of nitrogens with zero attached hydrogens (tertiary/aromatic N) is 4. The molecule has 3 aliphatic rings. The average Bonchev–Trinajstić information content (AvgIpc) is 3.40. The third-order valence-electron chi connectivity index (χ3n) is 6.49. The van der Waals surface area contributed by atoms with Crippen molar-refractivity contribution < 1.29 is 23.6 Å². The number of hydrogen-bond acceptors (Lipinski definition) is 10. The first-order valence-electron chi connectivity index (χ1n) is 9.06. The number of ether oxygens (including phenoxy) is 1. The lowest BCUT2D eigenvalue weighted by atomic mass is 9.66. The Morgan fingerprint density at radius 3 is 2.83 bits per heavy atom. The molecule has 9 nitrogen and oxygen atoms in total. The molecule has 3 saturated heterocycles. The minimum atomic E-state index is -1.16. The molecule has 1 N–H and O–H groups in total. The van der Waals surface area contributed by atoms with Crippen molar-refractivity contribution in [3.63, 3.8) is 0 Å². The van der Waals surface area contributed by atoms with E-state index < -0.39 is 41.0 Å². The molecule has 29 heavy (non-hydrogen) atoms. The van der Waals surface area contributed by atoms with Crippen molar-refractivity contribution >= 4 is 53.2 Å². The highest BCUT2D eigenvalue weighted by Crippen LogP contribution is 2.62. The predicted octanol–water partition coefficient (Wildman–Crippen LogP) is 1.21. The summed E-state index contributed by atoms with van der Waals surface area (Å²) in [5.41, 5.74) is -0.830. The summed E-state index contributed by atoms with van der Waals surface area (Å²) in [5, 5.41) is 19.9. The summed E-state index contributed by atoms with van der Waals surface area (Å²) in [5.74, 6) is -2.37. The van der Waals surface area contributed by atoms with Crippen LogP contribution in [0.3, 0.4) is 0 Å². The van der Waals surface area contributed by atoms with E-state index in [0.717, 1.165) is 16.6 Å². The Balaban J connectivity index is 1.63. The molecule has 11 heteroatoms. The highest BCUT2D eigenvalue weighted by Gasteiger charge is 2.77. The summed E-state index contributed by atoms with van der Waals surface area (Å²) in [4.78, 5) is 28.1. The van der Waals surface area contributed by atoms with Crippen LogP contribution in [-0.2, 0) is 18.5 Å². The first kappa shape index (κ1) is 18.9. The molecular weight excluding hydrogens is 416 g/mol. The van der Waals surface area contributed by atoms with E-state index in [0.29, 0.717) is 28.7 Å². The van der Waals surface area contributed by atoms with Crippen LogP contribution in [-0.4, -0.2) is 49.6 Å². The van der Waals surface area contributed by atoms with E-state index in [1.54, 1.807) is 13.0 Å². The van der Waals surface area contributed by atoms with Crippen LogP contribution in [0.1, 0.15) is 25.3 Å². The molecule has 3 aliphatic heterocycles. The van der Waals surface area contributed by atoms with E-state index in [4.69, 9.17) is 8.92 Å². The maximum absolute atomic E-state index is 13.5. The third kappa shape index (κ3) is 2.26. The summed E-state index contributed by atoms with van der Waals surface area (Å²) in [6, 6.07) is 5.12. The number of aliphatic hydroxyl groups excluding tert-OH is 1. The molecule has 1 aromatic heterocycles. The lowest BCUT2D eigenvalue weighted by Crippen LogP contribution is -2.49. The number of imide groups is 1. The van der Waals surface area contributed by atoms with Crippen molar-refractivity contribution in [2.24, 2.45) is 11.8 Å². The summed E-state index contributed by atoms with van der Waals surface area (Å²) in [6.45, 7) is 1.90. The molecule has 0 saturated carbocycles. The fraction of sp³-hybridized carbons (Fsp3) is 0.500. The molecule has 2 bridgehead atoms. The summed E-state index contributed by atoms with van der Waals surface area (Å²) >= 11 is 4.68. The van der Waals surface area contributed by atoms with Crippen molar-refractivity contribution in [1.82, 2.24) is 8.75 Å². The number of hydrogen-bond donors (Lipinski definition) is 2. The minimum Gasteiger partial charge on any atom is -0.390 e. The first-order valence-corrected chi connectivity index (χ1v) is 10.2. The summed E-state index contributed by atoms with van der Waals surface area (Å²) in [6.07, 6.45) is -0.296. The summed E-state index contributed by atoms with van der Waals surface area (Å²) < 4.78 is 19.4. The quantitative estimate of drug-likeness (QED) is 0.420. The van der Waals surface area contributed by atoms with Gasteiger partial charge in [-0.25, -0.2) is 4.90 Å². The number of aromatic nitrogens is 2. The Labute approximate surface area is 175 Å². The zero-order valence-corrected chi connectivity index (χ0v) is 16.9. The highest BCUT2D eigenvalue weighted by atomic mass is 32.1. The zero-order chi connectivity index (χ0) is 20.6. The number of anilines is 1. The molecule has 4 heterocycles. The fourth-order valence-electron chi connectivity index (χ4n) is 5.20. The van der Waals surface area contributed by atoms with Crippen LogP contribution in [0, 0.1) is 23.2 Å². The number of aliphatic hydroxyl groups is 1. The molecule has 150 valence electrons. The maximum Gasteiger partial charge on any atom is 0.240 e. The van der Waals surface area contributed by atoms with Crippen LogP contribution in [0.5, 0.6) is 0 Å². The molecule has 2 amide bonds. The Morgan fingerprint density at radius 2 is 2.10 bits per heavy atom. The van der Waals surface area contributed by atoms with Crippen molar-refractivity contribution in [3.8, 4) is 6.07 Å². The Hall–Kier alpha value is -2.10. The van der Waals surface area contributed by atoms with E-state index in [2.05, 4.69) is 21.7 Å². The summed E-state index contributed by atoms with van der Waals surface area (Å²) in [7, 11) is 0.